The normalized spacial score (nSPS) is 10.3. The first-order chi connectivity index (χ1) is 7.24. The molecule has 3 heteroatoms. The monoisotopic (exact) mass is 264 g/mol. The van der Waals surface area contributed by atoms with E-state index >= 15 is 0 Å². The number of benzene rings is 2. The first-order valence-electron chi connectivity index (χ1n) is 4.52. The van der Waals surface area contributed by atoms with Crippen molar-refractivity contribution < 1.29 is 8.78 Å². The molecule has 0 bridgehead atoms. The van der Waals surface area contributed by atoms with Crippen LogP contribution in [-0.2, 0) is 0 Å². The van der Waals surface area contributed by atoms with E-state index in [1.165, 1.54) is 24.3 Å². The second kappa shape index (κ2) is 4.57. The summed E-state index contributed by atoms with van der Waals surface area (Å²) in [6.45, 7) is 0. The minimum absolute atomic E-state index is 0.218. The van der Waals surface area contributed by atoms with Gasteiger partial charge in [0.05, 0.1) is 0 Å². The van der Waals surface area contributed by atoms with Crippen LogP contribution >= 0.6 is 0 Å². The molecule has 0 saturated carbocycles. The van der Waals surface area contributed by atoms with Crippen molar-refractivity contribution in [3.8, 4) is 0 Å². The summed E-state index contributed by atoms with van der Waals surface area (Å²) in [7, 11) is 0. The van der Waals surface area contributed by atoms with Gasteiger partial charge in [-0.15, -0.1) is 0 Å². The summed E-state index contributed by atoms with van der Waals surface area (Å²) in [5.41, 5.74) is 0. The summed E-state index contributed by atoms with van der Waals surface area (Å²) in [5, 5.41) is 0. The molecule has 0 unspecified atom stereocenters. The van der Waals surface area contributed by atoms with Crippen LogP contribution in [-0.4, -0.2) is 15.4 Å². The standard InChI is InChI=1S/C12H8F2Ge/c13-9-1-5-11(6-2-9)15-12-7-3-10(14)4-8-12/h1-8H. The summed E-state index contributed by atoms with van der Waals surface area (Å²) in [6.07, 6.45) is 0. The summed E-state index contributed by atoms with van der Waals surface area (Å²) in [6, 6.07) is 13.0. The molecule has 0 N–H and O–H groups in total. The minimum atomic E-state index is -0.470. The van der Waals surface area contributed by atoms with E-state index in [0.29, 0.717) is 0 Å². The third kappa shape index (κ3) is 2.89. The van der Waals surface area contributed by atoms with Crippen LogP contribution in [0.25, 0.3) is 0 Å². The molecule has 0 fully saturated rings. The molecule has 2 aromatic rings. The first kappa shape index (κ1) is 10.4. The maximum absolute atomic E-state index is 12.6. The number of hydrogen-bond donors (Lipinski definition) is 0. The fourth-order valence-corrected chi connectivity index (χ4v) is 3.33. The number of rotatable bonds is 2. The first-order valence-corrected chi connectivity index (χ1v) is 6.62. The molecule has 2 rings (SSSR count). The molecule has 0 aliphatic carbocycles. The molecule has 0 spiro atoms. The fourth-order valence-electron chi connectivity index (χ4n) is 1.23. The Kier molecular flexibility index (Phi) is 3.16. The Bertz CT molecular complexity index is 391. The van der Waals surface area contributed by atoms with Gasteiger partial charge in [0.2, 0.25) is 0 Å². The molecule has 0 saturated heterocycles. The van der Waals surface area contributed by atoms with Crippen LogP contribution in [0.2, 0.25) is 0 Å². The number of hydrogen-bond acceptors (Lipinski definition) is 0. The van der Waals surface area contributed by atoms with Gasteiger partial charge in [0.15, 0.2) is 0 Å². The molecule has 74 valence electrons. The van der Waals surface area contributed by atoms with E-state index in [1.54, 1.807) is 24.3 Å². The molecule has 2 radical (unpaired) electrons. The molecule has 15 heavy (non-hydrogen) atoms. The predicted octanol–water partition coefficient (Wildman–Crippen LogP) is 1.62. The Morgan fingerprint density at radius 3 is 1.27 bits per heavy atom. The van der Waals surface area contributed by atoms with Gasteiger partial charge in [-0.1, -0.05) is 0 Å². The molecular formula is C12H8F2Ge. The quantitative estimate of drug-likeness (QED) is 0.722. The van der Waals surface area contributed by atoms with Gasteiger partial charge < -0.3 is 0 Å². The Hall–Kier alpha value is -1.16. The van der Waals surface area contributed by atoms with Gasteiger partial charge in [-0.25, -0.2) is 0 Å². The fraction of sp³-hybridized carbons (Fsp3) is 0. The van der Waals surface area contributed by atoms with E-state index in [1.807, 2.05) is 0 Å². The van der Waals surface area contributed by atoms with Crippen molar-refractivity contribution >= 4 is 24.2 Å². The Morgan fingerprint density at radius 1 is 0.600 bits per heavy atom. The van der Waals surface area contributed by atoms with Gasteiger partial charge in [0, 0.05) is 0 Å². The Balaban J connectivity index is 2.15. The van der Waals surface area contributed by atoms with Gasteiger partial charge in [-0.2, -0.15) is 0 Å². The van der Waals surface area contributed by atoms with E-state index in [2.05, 4.69) is 0 Å². The van der Waals surface area contributed by atoms with Crippen LogP contribution in [0.3, 0.4) is 0 Å². The zero-order valence-corrected chi connectivity index (χ0v) is 9.97. The van der Waals surface area contributed by atoms with E-state index in [-0.39, 0.29) is 11.6 Å². The van der Waals surface area contributed by atoms with E-state index in [9.17, 15) is 8.78 Å². The van der Waals surface area contributed by atoms with Crippen LogP contribution < -0.4 is 8.79 Å². The second-order valence-corrected chi connectivity index (χ2v) is 6.09. The molecule has 0 aliphatic heterocycles. The van der Waals surface area contributed by atoms with Gasteiger partial charge in [0.25, 0.3) is 0 Å². The van der Waals surface area contributed by atoms with Crippen LogP contribution in [0, 0.1) is 11.6 Å². The maximum atomic E-state index is 12.6. The van der Waals surface area contributed by atoms with E-state index in [4.69, 9.17) is 0 Å². The molecule has 0 aromatic heterocycles. The van der Waals surface area contributed by atoms with E-state index in [0.717, 1.165) is 8.79 Å². The molecule has 2 aromatic carbocycles. The molecule has 0 heterocycles. The third-order valence-corrected chi connectivity index (χ3v) is 4.59. The average Bonchev–Trinajstić information content (AvgIpc) is 2.25. The van der Waals surface area contributed by atoms with Crippen LogP contribution in [0.4, 0.5) is 8.78 Å². The zero-order valence-electron chi connectivity index (χ0n) is 7.87. The summed E-state index contributed by atoms with van der Waals surface area (Å²) >= 11 is -0.470. The van der Waals surface area contributed by atoms with Crippen LogP contribution in [0.15, 0.2) is 48.5 Å². The second-order valence-electron chi connectivity index (χ2n) is 3.14. The number of halogens is 2. The zero-order chi connectivity index (χ0) is 10.7. The molecule has 0 nitrogen and oxygen atoms in total. The third-order valence-electron chi connectivity index (χ3n) is 1.98. The summed E-state index contributed by atoms with van der Waals surface area (Å²) < 4.78 is 27.6. The Morgan fingerprint density at radius 2 is 0.933 bits per heavy atom. The average molecular weight is 263 g/mol. The van der Waals surface area contributed by atoms with Gasteiger partial charge in [0.1, 0.15) is 0 Å². The molecule has 0 amide bonds. The van der Waals surface area contributed by atoms with Crippen LogP contribution in [0.5, 0.6) is 0 Å². The van der Waals surface area contributed by atoms with E-state index < -0.39 is 15.4 Å². The summed E-state index contributed by atoms with van der Waals surface area (Å²) in [5.74, 6) is -0.436. The van der Waals surface area contributed by atoms with Gasteiger partial charge >= 0.3 is 93.2 Å². The Labute approximate surface area is 93.4 Å². The van der Waals surface area contributed by atoms with Crippen molar-refractivity contribution in [1.82, 2.24) is 0 Å². The predicted molar refractivity (Wildman–Crippen MR) is 57.8 cm³/mol. The van der Waals surface area contributed by atoms with Crippen molar-refractivity contribution in [2.24, 2.45) is 0 Å². The van der Waals surface area contributed by atoms with Crippen molar-refractivity contribution in [1.29, 1.82) is 0 Å². The SMILES string of the molecule is Fc1cc[c]([Ge][c]2ccc(F)cc2)cc1. The molecule has 0 aliphatic rings. The van der Waals surface area contributed by atoms with Crippen LogP contribution in [0.1, 0.15) is 0 Å². The van der Waals surface area contributed by atoms with Gasteiger partial charge in [-0.3, -0.25) is 0 Å². The van der Waals surface area contributed by atoms with Crippen molar-refractivity contribution in [2.75, 3.05) is 0 Å². The molecule has 0 atom stereocenters. The summed E-state index contributed by atoms with van der Waals surface area (Å²) in [4.78, 5) is 0. The molecular weight excluding hydrogens is 255 g/mol. The van der Waals surface area contributed by atoms with Gasteiger partial charge in [-0.05, 0) is 0 Å². The van der Waals surface area contributed by atoms with Crippen molar-refractivity contribution in [3.05, 3.63) is 60.2 Å². The van der Waals surface area contributed by atoms with Crippen molar-refractivity contribution in [3.63, 3.8) is 0 Å². The van der Waals surface area contributed by atoms with Crippen molar-refractivity contribution in [2.45, 2.75) is 0 Å². The topological polar surface area (TPSA) is 0 Å².